The number of aliphatic carboxylic acids is 1. The highest BCUT2D eigenvalue weighted by Gasteiger charge is 2.45. The van der Waals surface area contributed by atoms with Crippen molar-refractivity contribution >= 4 is 23.4 Å². The molecule has 6 nitrogen and oxygen atoms in total. The summed E-state index contributed by atoms with van der Waals surface area (Å²) in [5.41, 5.74) is -1.07. The Kier molecular flexibility index (Phi) is 2.39. The molecule has 1 heterocycles. The Morgan fingerprint density at radius 1 is 1.53 bits per heavy atom. The highest BCUT2D eigenvalue weighted by Crippen LogP contribution is 2.32. The standard InChI is InChI=1S/C8H9N3O3S/c12-6(5-4-9-11-15-5)10-8(7(13)14)2-1-3-8/h4H,1-3H2,(H,10,12)(H,13,14). The lowest BCUT2D eigenvalue weighted by molar-refractivity contribution is -0.148. The van der Waals surface area contributed by atoms with Crippen LogP contribution in [0.4, 0.5) is 0 Å². The molecule has 0 aliphatic heterocycles. The van der Waals surface area contributed by atoms with Gasteiger partial charge in [0.2, 0.25) is 0 Å². The number of carbonyl (C=O) groups excluding carboxylic acids is 1. The van der Waals surface area contributed by atoms with E-state index in [9.17, 15) is 9.59 Å². The van der Waals surface area contributed by atoms with Gasteiger partial charge in [0.25, 0.3) is 5.91 Å². The van der Waals surface area contributed by atoms with E-state index < -0.39 is 17.4 Å². The summed E-state index contributed by atoms with van der Waals surface area (Å²) in [5.74, 6) is -1.38. The number of carboxylic acids is 1. The zero-order chi connectivity index (χ0) is 10.9. The molecular weight excluding hydrogens is 218 g/mol. The first-order valence-electron chi connectivity index (χ1n) is 4.47. The maximum atomic E-state index is 11.6. The van der Waals surface area contributed by atoms with Crippen molar-refractivity contribution in [2.45, 2.75) is 24.8 Å². The molecule has 2 N–H and O–H groups in total. The number of nitrogens with one attached hydrogen (secondary N) is 1. The van der Waals surface area contributed by atoms with Crippen LogP contribution in [0, 0.1) is 0 Å². The van der Waals surface area contributed by atoms with Crippen molar-refractivity contribution in [2.24, 2.45) is 0 Å². The van der Waals surface area contributed by atoms with Gasteiger partial charge >= 0.3 is 5.97 Å². The summed E-state index contributed by atoms with van der Waals surface area (Å²) in [7, 11) is 0. The maximum absolute atomic E-state index is 11.6. The summed E-state index contributed by atoms with van der Waals surface area (Å²) < 4.78 is 3.55. The van der Waals surface area contributed by atoms with Gasteiger partial charge in [-0.15, -0.1) is 5.10 Å². The van der Waals surface area contributed by atoms with Crippen molar-refractivity contribution in [3.63, 3.8) is 0 Å². The molecule has 0 bridgehead atoms. The summed E-state index contributed by atoms with van der Waals surface area (Å²) in [6.45, 7) is 0. The Labute approximate surface area is 89.5 Å². The van der Waals surface area contributed by atoms with Gasteiger partial charge in [0.1, 0.15) is 10.4 Å². The molecule has 7 heteroatoms. The third-order valence-electron chi connectivity index (χ3n) is 2.55. The van der Waals surface area contributed by atoms with E-state index in [4.69, 9.17) is 5.11 Å². The van der Waals surface area contributed by atoms with Gasteiger partial charge in [0, 0.05) is 0 Å². The minimum Gasteiger partial charge on any atom is -0.480 e. The van der Waals surface area contributed by atoms with Crippen LogP contribution < -0.4 is 5.32 Å². The van der Waals surface area contributed by atoms with Crippen LogP contribution in [0.25, 0.3) is 0 Å². The molecule has 0 unspecified atom stereocenters. The van der Waals surface area contributed by atoms with Gasteiger partial charge in [0.15, 0.2) is 0 Å². The zero-order valence-corrected chi connectivity index (χ0v) is 8.58. The minimum absolute atomic E-state index is 0.336. The highest BCUT2D eigenvalue weighted by atomic mass is 32.1. The number of amides is 1. The van der Waals surface area contributed by atoms with Crippen LogP contribution in [0.1, 0.15) is 28.9 Å². The molecule has 1 aliphatic rings. The average Bonchev–Trinajstić information content (AvgIpc) is 2.62. The van der Waals surface area contributed by atoms with Gasteiger partial charge < -0.3 is 10.4 Å². The lowest BCUT2D eigenvalue weighted by atomic mass is 9.77. The second kappa shape index (κ2) is 3.58. The fourth-order valence-electron chi connectivity index (χ4n) is 1.47. The second-order valence-electron chi connectivity index (χ2n) is 3.48. The van der Waals surface area contributed by atoms with Crippen molar-refractivity contribution in [2.75, 3.05) is 0 Å². The van der Waals surface area contributed by atoms with Crippen LogP contribution in [0.2, 0.25) is 0 Å². The summed E-state index contributed by atoms with van der Waals surface area (Å²) >= 11 is 0.952. The Morgan fingerprint density at radius 2 is 2.27 bits per heavy atom. The van der Waals surface area contributed by atoms with Gasteiger partial charge in [-0.25, -0.2) is 4.79 Å². The first-order chi connectivity index (χ1) is 7.14. The molecule has 0 atom stereocenters. The van der Waals surface area contributed by atoms with E-state index in [2.05, 4.69) is 14.9 Å². The lowest BCUT2D eigenvalue weighted by Crippen LogP contribution is -2.59. The number of nitrogens with zero attached hydrogens (tertiary/aromatic N) is 2. The van der Waals surface area contributed by atoms with E-state index in [0.717, 1.165) is 18.0 Å². The molecule has 2 rings (SSSR count). The first kappa shape index (κ1) is 10.0. The summed E-state index contributed by atoms with van der Waals surface area (Å²) in [4.78, 5) is 22.9. The summed E-state index contributed by atoms with van der Waals surface area (Å²) in [5, 5.41) is 15.0. The summed E-state index contributed by atoms with van der Waals surface area (Å²) in [6.07, 6.45) is 3.13. The van der Waals surface area contributed by atoms with Crippen molar-refractivity contribution in [3.05, 3.63) is 11.1 Å². The van der Waals surface area contributed by atoms with Crippen LogP contribution in [0.15, 0.2) is 6.20 Å². The number of hydrogen-bond acceptors (Lipinski definition) is 5. The fraction of sp³-hybridized carbons (Fsp3) is 0.500. The van der Waals surface area contributed by atoms with E-state index in [1.807, 2.05) is 0 Å². The van der Waals surface area contributed by atoms with E-state index >= 15 is 0 Å². The number of carboxylic acid groups (broad SMARTS) is 1. The molecule has 0 spiro atoms. The molecule has 1 amide bonds. The molecule has 1 fully saturated rings. The van der Waals surface area contributed by atoms with Crippen LogP contribution in [-0.2, 0) is 4.79 Å². The number of rotatable bonds is 3. The zero-order valence-electron chi connectivity index (χ0n) is 7.77. The average molecular weight is 227 g/mol. The number of carbonyl (C=O) groups is 2. The topological polar surface area (TPSA) is 92.2 Å². The molecule has 0 radical (unpaired) electrons. The third-order valence-corrected chi connectivity index (χ3v) is 3.22. The SMILES string of the molecule is O=C(NC1(C(=O)O)CCC1)c1cnns1. The van der Waals surface area contributed by atoms with E-state index in [1.54, 1.807) is 0 Å². The Morgan fingerprint density at radius 3 is 2.67 bits per heavy atom. The molecule has 15 heavy (non-hydrogen) atoms. The molecule has 0 saturated heterocycles. The molecule has 1 aromatic heterocycles. The molecule has 1 saturated carbocycles. The first-order valence-corrected chi connectivity index (χ1v) is 5.25. The number of aromatic nitrogens is 2. The van der Waals surface area contributed by atoms with Crippen molar-refractivity contribution in [1.82, 2.24) is 14.9 Å². The monoisotopic (exact) mass is 227 g/mol. The Bertz CT molecular complexity index is 386. The predicted molar refractivity (Wildman–Crippen MR) is 51.6 cm³/mol. The van der Waals surface area contributed by atoms with Crippen molar-refractivity contribution in [1.29, 1.82) is 0 Å². The fourth-order valence-corrected chi connectivity index (χ4v) is 1.88. The minimum atomic E-state index is -1.07. The molecular formula is C8H9N3O3S. The van der Waals surface area contributed by atoms with Crippen LogP contribution >= 0.6 is 11.5 Å². The molecule has 80 valence electrons. The van der Waals surface area contributed by atoms with E-state index in [-0.39, 0.29) is 0 Å². The van der Waals surface area contributed by atoms with Crippen LogP contribution in [0.5, 0.6) is 0 Å². The second-order valence-corrected chi connectivity index (χ2v) is 4.26. The van der Waals surface area contributed by atoms with Gasteiger partial charge in [-0.2, -0.15) is 0 Å². The lowest BCUT2D eigenvalue weighted by Gasteiger charge is -2.37. The molecule has 0 aromatic carbocycles. The summed E-state index contributed by atoms with van der Waals surface area (Å²) in [6, 6.07) is 0. The largest absolute Gasteiger partial charge is 0.480 e. The van der Waals surface area contributed by atoms with E-state index in [0.29, 0.717) is 17.7 Å². The maximum Gasteiger partial charge on any atom is 0.329 e. The molecule has 1 aliphatic carbocycles. The number of hydrogen-bond donors (Lipinski definition) is 2. The highest BCUT2D eigenvalue weighted by molar-refractivity contribution is 7.07. The van der Waals surface area contributed by atoms with Crippen molar-refractivity contribution < 1.29 is 14.7 Å². The Hall–Kier alpha value is -1.50. The normalized spacial score (nSPS) is 17.9. The van der Waals surface area contributed by atoms with E-state index in [1.165, 1.54) is 6.20 Å². The van der Waals surface area contributed by atoms with Crippen LogP contribution in [-0.4, -0.2) is 32.1 Å². The molecule has 1 aromatic rings. The quantitative estimate of drug-likeness (QED) is 0.773. The third kappa shape index (κ3) is 1.70. The van der Waals surface area contributed by atoms with Crippen LogP contribution in [0.3, 0.4) is 0 Å². The van der Waals surface area contributed by atoms with Gasteiger partial charge in [0.05, 0.1) is 6.20 Å². The van der Waals surface area contributed by atoms with Gasteiger partial charge in [-0.3, -0.25) is 4.79 Å². The van der Waals surface area contributed by atoms with Crippen molar-refractivity contribution in [3.8, 4) is 0 Å². The Balaban J connectivity index is 2.08. The van der Waals surface area contributed by atoms with Gasteiger partial charge in [-0.1, -0.05) is 4.49 Å². The van der Waals surface area contributed by atoms with Gasteiger partial charge in [-0.05, 0) is 30.8 Å². The smallest absolute Gasteiger partial charge is 0.329 e. The predicted octanol–water partition coefficient (Wildman–Crippen LogP) is 0.275.